The summed E-state index contributed by atoms with van der Waals surface area (Å²) in [6, 6.07) is 7.89. The highest BCUT2D eigenvalue weighted by Crippen LogP contribution is 2.40. The van der Waals surface area contributed by atoms with Gasteiger partial charge in [0.25, 0.3) is 0 Å². The summed E-state index contributed by atoms with van der Waals surface area (Å²) in [4.78, 5) is 9.21. The summed E-state index contributed by atoms with van der Waals surface area (Å²) in [6.07, 6.45) is 2.35. The lowest BCUT2D eigenvalue weighted by atomic mass is 10.2. The van der Waals surface area contributed by atoms with Crippen molar-refractivity contribution in [1.82, 2.24) is 9.97 Å². The molecular formula is C15H17ClN4S. The molecule has 3 N–H and O–H groups in total. The van der Waals surface area contributed by atoms with Crippen molar-refractivity contribution in [2.75, 3.05) is 5.43 Å². The lowest BCUT2D eigenvalue weighted by Crippen LogP contribution is -2.13. The summed E-state index contributed by atoms with van der Waals surface area (Å²) in [5.74, 6) is 8.56. The molecule has 0 aliphatic heterocycles. The molecule has 3 rings (SSSR count). The number of anilines is 1. The first-order valence-corrected chi connectivity index (χ1v) is 8.26. The van der Waals surface area contributed by atoms with Crippen LogP contribution in [0.1, 0.15) is 35.7 Å². The van der Waals surface area contributed by atoms with Crippen LogP contribution in [0.4, 0.5) is 5.82 Å². The van der Waals surface area contributed by atoms with Crippen molar-refractivity contribution in [3.8, 4) is 0 Å². The second-order valence-electron chi connectivity index (χ2n) is 5.19. The molecule has 1 fully saturated rings. The summed E-state index contributed by atoms with van der Waals surface area (Å²) in [7, 11) is 0. The first-order chi connectivity index (χ1) is 10.2. The Morgan fingerprint density at radius 3 is 2.62 bits per heavy atom. The number of halogens is 1. The molecule has 1 aromatic carbocycles. The van der Waals surface area contributed by atoms with E-state index in [0.717, 1.165) is 33.0 Å². The monoisotopic (exact) mass is 320 g/mol. The highest BCUT2D eigenvalue weighted by atomic mass is 35.5. The van der Waals surface area contributed by atoms with Crippen molar-refractivity contribution in [2.45, 2.75) is 36.5 Å². The number of hydrogen-bond acceptors (Lipinski definition) is 5. The van der Waals surface area contributed by atoms with Crippen LogP contribution in [0.5, 0.6) is 0 Å². The lowest BCUT2D eigenvalue weighted by molar-refractivity contribution is 0.862. The summed E-state index contributed by atoms with van der Waals surface area (Å²) in [5, 5.41) is 1.75. The predicted molar refractivity (Wildman–Crippen MR) is 87.6 cm³/mol. The van der Waals surface area contributed by atoms with Crippen LogP contribution < -0.4 is 11.3 Å². The Hall–Kier alpha value is -1.30. The summed E-state index contributed by atoms with van der Waals surface area (Å²) < 4.78 is 0. The topological polar surface area (TPSA) is 63.8 Å². The van der Waals surface area contributed by atoms with Gasteiger partial charge in [0, 0.05) is 22.3 Å². The molecule has 1 aromatic heterocycles. The van der Waals surface area contributed by atoms with E-state index in [1.54, 1.807) is 11.8 Å². The molecule has 6 heteroatoms. The van der Waals surface area contributed by atoms with Gasteiger partial charge < -0.3 is 5.43 Å². The zero-order chi connectivity index (χ0) is 14.8. The first kappa shape index (κ1) is 14.6. The van der Waals surface area contributed by atoms with Gasteiger partial charge in [-0.15, -0.1) is 11.8 Å². The van der Waals surface area contributed by atoms with Crippen molar-refractivity contribution < 1.29 is 0 Å². The third-order valence-corrected chi connectivity index (χ3v) is 4.89. The number of benzene rings is 1. The highest BCUT2D eigenvalue weighted by Gasteiger charge is 2.28. The molecular weight excluding hydrogens is 304 g/mol. The van der Waals surface area contributed by atoms with Crippen LogP contribution in [-0.2, 0) is 5.75 Å². The van der Waals surface area contributed by atoms with Crippen molar-refractivity contribution in [3.05, 3.63) is 46.2 Å². The standard InChI is InChI=1S/C15H17ClN4S/c1-9-13(20-17)18-14(11-4-5-11)19-15(9)21-8-10-2-6-12(16)7-3-10/h2-3,6-7,11H,4-5,8,17H2,1H3,(H,18,19,20). The maximum Gasteiger partial charge on any atom is 0.147 e. The minimum atomic E-state index is 0.507. The van der Waals surface area contributed by atoms with Gasteiger partial charge in [-0.2, -0.15) is 0 Å². The van der Waals surface area contributed by atoms with E-state index in [2.05, 4.69) is 10.4 Å². The van der Waals surface area contributed by atoms with E-state index in [0.29, 0.717) is 5.92 Å². The molecule has 21 heavy (non-hydrogen) atoms. The second-order valence-corrected chi connectivity index (χ2v) is 6.59. The third kappa shape index (κ3) is 3.48. The zero-order valence-electron chi connectivity index (χ0n) is 11.8. The molecule has 2 aromatic rings. The van der Waals surface area contributed by atoms with Crippen LogP contribution in [0.15, 0.2) is 29.3 Å². The van der Waals surface area contributed by atoms with Gasteiger partial charge in [0.1, 0.15) is 16.7 Å². The first-order valence-electron chi connectivity index (χ1n) is 6.89. The van der Waals surface area contributed by atoms with Crippen molar-refractivity contribution in [2.24, 2.45) is 5.84 Å². The van der Waals surface area contributed by atoms with Gasteiger partial charge in [0.05, 0.1) is 0 Å². The average Bonchev–Trinajstić information content (AvgIpc) is 3.32. The Morgan fingerprint density at radius 2 is 2.00 bits per heavy atom. The summed E-state index contributed by atoms with van der Waals surface area (Å²) >= 11 is 7.61. The number of rotatable bonds is 5. The Balaban J connectivity index is 1.80. The normalized spacial score (nSPS) is 14.2. The zero-order valence-corrected chi connectivity index (χ0v) is 13.3. The molecule has 1 saturated carbocycles. The molecule has 110 valence electrons. The number of nitrogens with one attached hydrogen (secondary N) is 1. The maximum absolute atomic E-state index is 5.91. The van der Waals surface area contributed by atoms with Gasteiger partial charge in [-0.25, -0.2) is 15.8 Å². The number of hydrogen-bond donors (Lipinski definition) is 2. The SMILES string of the molecule is Cc1c(NN)nc(C2CC2)nc1SCc1ccc(Cl)cc1. The van der Waals surface area contributed by atoms with E-state index in [9.17, 15) is 0 Å². The average molecular weight is 321 g/mol. The van der Waals surface area contributed by atoms with E-state index in [1.165, 1.54) is 18.4 Å². The molecule has 0 amide bonds. The van der Waals surface area contributed by atoms with Gasteiger partial charge in [-0.1, -0.05) is 23.7 Å². The molecule has 0 radical (unpaired) electrons. The Bertz CT molecular complexity index is 641. The Kier molecular flexibility index (Phi) is 4.33. The van der Waals surface area contributed by atoms with Crippen LogP contribution in [0.2, 0.25) is 5.02 Å². The molecule has 4 nitrogen and oxygen atoms in total. The van der Waals surface area contributed by atoms with E-state index in [-0.39, 0.29) is 0 Å². The van der Waals surface area contributed by atoms with Crippen LogP contribution >= 0.6 is 23.4 Å². The summed E-state index contributed by atoms with van der Waals surface area (Å²) in [5.41, 5.74) is 4.90. The van der Waals surface area contributed by atoms with E-state index >= 15 is 0 Å². The number of hydrazine groups is 1. The van der Waals surface area contributed by atoms with Crippen LogP contribution in [0.25, 0.3) is 0 Å². The fourth-order valence-corrected chi connectivity index (χ4v) is 3.14. The molecule has 0 atom stereocenters. The maximum atomic E-state index is 5.91. The van der Waals surface area contributed by atoms with Gasteiger partial charge in [-0.3, -0.25) is 0 Å². The summed E-state index contributed by atoms with van der Waals surface area (Å²) in [6.45, 7) is 2.00. The van der Waals surface area contributed by atoms with E-state index in [1.807, 2.05) is 31.2 Å². The quantitative estimate of drug-likeness (QED) is 0.379. The van der Waals surface area contributed by atoms with E-state index < -0.39 is 0 Å². The van der Waals surface area contributed by atoms with Gasteiger partial charge in [0.2, 0.25) is 0 Å². The number of nitrogens with zero attached hydrogens (tertiary/aromatic N) is 2. The van der Waals surface area contributed by atoms with Gasteiger partial charge in [0.15, 0.2) is 0 Å². The van der Waals surface area contributed by atoms with Gasteiger partial charge in [-0.05, 0) is 37.5 Å². The number of nitrogen functional groups attached to an aromatic ring is 1. The largest absolute Gasteiger partial charge is 0.308 e. The number of nitrogens with two attached hydrogens (primary N) is 1. The fourth-order valence-electron chi connectivity index (χ4n) is 2.05. The molecule has 1 heterocycles. The molecule has 0 bridgehead atoms. The Morgan fingerprint density at radius 1 is 1.29 bits per heavy atom. The van der Waals surface area contributed by atoms with Crippen LogP contribution in [0.3, 0.4) is 0 Å². The molecule has 0 saturated heterocycles. The Labute approximate surface area is 133 Å². The van der Waals surface area contributed by atoms with Crippen molar-refractivity contribution >= 4 is 29.2 Å². The van der Waals surface area contributed by atoms with Crippen LogP contribution in [0, 0.1) is 6.92 Å². The molecule has 0 spiro atoms. The molecule has 1 aliphatic rings. The number of aromatic nitrogens is 2. The smallest absolute Gasteiger partial charge is 0.147 e. The fraction of sp³-hybridized carbons (Fsp3) is 0.333. The van der Waals surface area contributed by atoms with E-state index in [4.69, 9.17) is 22.4 Å². The second kappa shape index (κ2) is 6.22. The highest BCUT2D eigenvalue weighted by molar-refractivity contribution is 7.98. The third-order valence-electron chi connectivity index (χ3n) is 3.49. The lowest BCUT2D eigenvalue weighted by Gasteiger charge is -2.11. The van der Waals surface area contributed by atoms with Gasteiger partial charge >= 0.3 is 0 Å². The van der Waals surface area contributed by atoms with Crippen LogP contribution in [-0.4, -0.2) is 9.97 Å². The van der Waals surface area contributed by atoms with Crippen molar-refractivity contribution in [1.29, 1.82) is 0 Å². The molecule has 1 aliphatic carbocycles. The minimum Gasteiger partial charge on any atom is -0.308 e. The van der Waals surface area contributed by atoms with Crippen molar-refractivity contribution in [3.63, 3.8) is 0 Å². The predicted octanol–water partition coefficient (Wildman–Crippen LogP) is 3.89. The molecule has 0 unspecified atom stereocenters. The minimum absolute atomic E-state index is 0.507. The number of thioether (sulfide) groups is 1.